The van der Waals surface area contributed by atoms with Gasteiger partial charge < -0.3 is 15.2 Å². The van der Waals surface area contributed by atoms with Crippen molar-refractivity contribution < 1.29 is 4.79 Å². The summed E-state index contributed by atoms with van der Waals surface area (Å²) in [5.41, 5.74) is 1.21. The van der Waals surface area contributed by atoms with E-state index in [1.165, 1.54) is 5.56 Å². The molecule has 1 amide bonds. The number of aromatic nitrogens is 1. The van der Waals surface area contributed by atoms with Crippen molar-refractivity contribution in [1.29, 1.82) is 0 Å². The number of terminal acetylenes is 1. The Labute approximate surface area is 96.0 Å². The quantitative estimate of drug-likeness (QED) is 0.532. The molecule has 0 radical (unpaired) electrons. The number of carbonyl (C=O) groups excluding carboxylic acids is 1. The number of hydrogen-bond acceptors (Lipinski definition) is 2. The van der Waals surface area contributed by atoms with E-state index in [1.807, 2.05) is 30.1 Å². The minimum atomic E-state index is -0.0153. The standard InChI is InChI=1S/C12H17N3O/c1-3-6-14-12(16)4-7-13-9-11-5-8-15(2)10-11/h1,5,8,10,13H,4,6-7,9H2,2H3,(H,14,16). The van der Waals surface area contributed by atoms with Gasteiger partial charge in [0.1, 0.15) is 0 Å². The van der Waals surface area contributed by atoms with Crippen LogP contribution in [-0.4, -0.2) is 23.6 Å². The average Bonchev–Trinajstić information content (AvgIpc) is 2.67. The van der Waals surface area contributed by atoms with E-state index in [4.69, 9.17) is 6.42 Å². The zero-order valence-electron chi connectivity index (χ0n) is 9.49. The zero-order chi connectivity index (χ0) is 11.8. The van der Waals surface area contributed by atoms with Crippen molar-refractivity contribution in [1.82, 2.24) is 15.2 Å². The number of carbonyl (C=O) groups is 1. The van der Waals surface area contributed by atoms with Crippen LogP contribution < -0.4 is 10.6 Å². The Hall–Kier alpha value is -1.73. The first kappa shape index (κ1) is 12.3. The molecule has 1 aromatic rings. The van der Waals surface area contributed by atoms with Gasteiger partial charge in [-0.3, -0.25) is 4.79 Å². The maximum atomic E-state index is 11.2. The minimum Gasteiger partial charge on any atom is -0.357 e. The van der Waals surface area contributed by atoms with Crippen LogP contribution in [-0.2, 0) is 18.4 Å². The van der Waals surface area contributed by atoms with Crippen LogP contribution in [0.2, 0.25) is 0 Å². The van der Waals surface area contributed by atoms with E-state index < -0.39 is 0 Å². The maximum Gasteiger partial charge on any atom is 0.222 e. The first-order valence-electron chi connectivity index (χ1n) is 5.24. The molecule has 0 aromatic carbocycles. The molecule has 1 heterocycles. The summed E-state index contributed by atoms with van der Waals surface area (Å²) in [7, 11) is 1.98. The number of hydrogen-bond donors (Lipinski definition) is 2. The molecule has 0 fully saturated rings. The van der Waals surface area contributed by atoms with Gasteiger partial charge in [0.2, 0.25) is 5.91 Å². The molecule has 0 bridgehead atoms. The number of nitrogens with zero attached hydrogens (tertiary/aromatic N) is 1. The van der Waals surface area contributed by atoms with Gasteiger partial charge in [0.15, 0.2) is 0 Å². The van der Waals surface area contributed by atoms with Gasteiger partial charge in [0.05, 0.1) is 6.54 Å². The Balaban J connectivity index is 2.08. The molecule has 86 valence electrons. The fraction of sp³-hybridized carbons (Fsp3) is 0.417. The molecule has 0 saturated carbocycles. The summed E-state index contributed by atoms with van der Waals surface area (Å²) in [5, 5.41) is 5.81. The van der Waals surface area contributed by atoms with Crippen molar-refractivity contribution in [2.45, 2.75) is 13.0 Å². The molecule has 0 aliphatic rings. The predicted octanol–water partition coefficient (Wildman–Crippen LogP) is 0.254. The number of rotatable bonds is 6. The van der Waals surface area contributed by atoms with Crippen molar-refractivity contribution in [3.8, 4) is 12.3 Å². The minimum absolute atomic E-state index is 0.0153. The molecule has 2 N–H and O–H groups in total. The van der Waals surface area contributed by atoms with E-state index in [2.05, 4.69) is 16.6 Å². The molecule has 1 aromatic heterocycles. The van der Waals surface area contributed by atoms with E-state index in [1.54, 1.807) is 0 Å². The average molecular weight is 219 g/mol. The maximum absolute atomic E-state index is 11.2. The third-order valence-corrected chi connectivity index (χ3v) is 2.14. The van der Waals surface area contributed by atoms with Gasteiger partial charge in [-0.05, 0) is 11.6 Å². The second kappa shape index (κ2) is 6.70. The molecule has 0 aliphatic carbocycles. The van der Waals surface area contributed by atoms with Gasteiger partial charge in [-0.25, -0.2) is 0 Å². The van der Waals surface area contributed by atoms with E-state index >= 15 is 0 Å². The van der Waals surface area contributed by atoms with Gasteiger partial charge in [0.25, 0.3) is 0 Å². The number of nitrogens with one attached hydrogen (secondary N) is 2. The molecule has 1 rings (SSSR count). The van der Waals surface area contributed by atoms with Crippen LogP contribution >= 0.6 is 0 Å². The SMILES string of the molecule is C#CCNC(=O)CCNCc1ccn(C)c1. The predicted molar refractivity (Wildman–Crippen MR) is 63.6 cm³/mol. The van der Waals surface area contributed by atoms with Gasteiger partial charge in [-0.15, -0.1) is 6.42 Å². The van der Waals surface area contributed by atoms with Crippen LogP contribution in [0.3, 0.4) is 0 Å². The lowest BCUT2D eigenvalue weighted by Crippen LogP contribution is -2.27. The van der Waals surface area contributed by atoms with E-state index in [-0.39, 0.29) is 5.91 Å². The molecule has 0 unspecified atom stereocenters. The Morgan fingerprint density at radius 2 is 2.44 bits per heavy atom. The van der Waals surface area contributed by atoms with Crippen LogP contribution in [0, 0.1) is 12.3 Å². The summed E-state index contributed by atoms with van der Waals surface area (Å²) in [4.78, 5) is 11.2. The second-order valence-corrected chi connectivity index (χ2v) is 3.59. The fourth-order valence-corrected chi connectivity index (χ4v) is 1.34. The van der Waals surface area contributed by atoms with E-state index in [0.29, 0.717) is 19.5 Å². The zero-order valence-corrected chi connectivity index (χ0v) is 9.49. The first-order chi connectivity index (χ1) is 7.72. The molecule has 4 heteroatoms. The smallest absolute Gasteiger partial charge is 0.222 e. The molecular formula is C12H17N3O. The second-order valence-electron chi connectivity index (χ2n) is 3.59. The highest BCUT2D eigenvalue weighted by molar-refractivity contribution is 5.76. The summed E-state index contributed by atoms with van der Waals surface area (Å²) in [6.07, 6.45) is 9.52. The highest BCUT2D eigenvalue weighted by Gasteiger charge is 1.99. The topological polar surface area (TPSA) is 46.1 Å². The van der Waals surface area contributed by atoms with E-state index in [9.17, 15) is 4.79 Å². The van der Waals surface area contributed by atoms with Crippen LogP contribution in [0.25, 0.3) is 0 Å². The highest BCUT2D eigenvalue weighted by atomic mass is 16.1. The first-order valence-corrected chi connectivity index (χ1v) is 5.24. The molecule has 0 atom stereocenters. The summed E-state index contributed by atoms with van der Waals surface area (Å²) < 4.78 is 2.00. The third-order valence-electron chi connectivity index (χ3n) is 2.14. The lowest BCUT2D eigenvalue weighted by Gasteiger charge is -2.03. The van der Waals surface area contributed by atoms with Gasteiger partial charge >= 0.3 is 0 Å². The van der Waals surface area contributed by atoms with Gasteiger partial charge in [-0.2, -0.15) is 0 Å². The van der Waals surface area contributed by atoms with Crippen molar-refractivity contribution in [3.05, 3.63) is 24.0 Å². The summed E-state index contributed by atoms with van der Waals surface area (Å²) in [6, 6.07) is 2.05. The lowest BCUT2D eigenvalue weighted by molar-refractivity contribution is -0.120. The third kappa shape index (κ3) is 4.67. The summed E-state index contributed by atoms with van der Waals surface area (Å²) >= 11 is 0. The van der Waals surface area contributed by atoms with Crippen LogP contribution in [0.5, 0.6) is 0 Å². The van der Waals surface area contributed by atoms with Crippen LogP contribution in [0.4, 0.5) is 0 Å². The Morgan fingerprint density at radius 3 is 3.06 bits per heavy atom. The Bertz CT molecular complexity index is 376. The highest BCUT2D eigenvalue weighted by Crippen LogP contribution is 1.98. The van der Waals surface area contributed by atoms with Crippen molar-refractivity contribution in [3.63, 3.8) is 0 Å². The molecule has 0 aliphatic heterocycles. The molecule has 4 nitrogen and oxygen atoms in total. The van der Waals surface area contributed by atoms with Crippen molar-refractivity contribution >= 4 is 5.91 Å². The molecular weight excluding hydrogens is 202 g/mol. The summed E-state index contributed by atoms with van der Waals surface area (Å²) in [6.45, 7) is 1.74. The van der Waals surface area contributed by atoms with E-state index in [0.717, 1.165) is 6.54 Å². The Kier molecular flexibility index (Phi) is 5.17. The number of amides is 1. The largest absolute Gasteiger partial charge is 0.357 e. The molecule has 16 heavy (non-hydrogen) atoms. The molecule has 0 saturated heterocycles. The van der Waals surface area contributed by atoms with Gasteiger partial charge in [-0.1, -0.05) is 5.92 Å². The monoisotopic (exact) mass is 219 g/mol. The lowest BCUT2D eigenvalue weighted by atomic mass is 10.3. The van der Waals surface area contributed by atoms with Crippen LogP contribution in [0.1, 0.15) is 12.0 Å². The Morgan fingerprint density at radius 1 is 1.62 bits per heavy atom. The normalized spacial score (nSPS) is 9.75. The van der Waals surface area contributed by atoms with Crippen molar-refractivity contribution in [2.24, 2.45) is 7.05 Å². The number of aryl methyl sites for hydroxylation is 1. The van der Waals surface area contributed by atoms with Crippen molar-refractivity contribution in [2.75, 3.05) is 13.1 Å². The van der Waals surface area contributed by atoms with Gasteiger partial charge in [0, 0.05) is 39.0 Å². The molecule has 0 spiro atoms. The summed E-state index contributed by atoms with van der Waals surface area (Å²) in [5.74, 6) is 2.35. The van der Waals surface area contributed by atoms with Crippen LogP contribution in [0.15, 0.2) is 18.5 Å². The fourth-order valence-electron chi connectivity index (χ4n) is 1.34.